The Hall–Kier alpha value is -0.130. The van der Waals surface area contributed by atoms with Crippen molar-refractivity contribution in [2.75, 3.05) is 18.8 Å². The highest BCUT2D eigenvalue weighted by molar-refractivity contribution is 7.89. The van der Waals surface area contributed by atoms with Crippen LogP contribution in [0.2, 0.25) is 0 Å². The first-order valence-electron chi connectivity index (χ1n) is 6.94. The van der Waals surface area contributed by atoms with Crippen LogP contribution in [-0.2, 0) is 10.0 Å². The molecule has 1 atom stereocenters. The smallest absolute Gasteiger partial charge is 0.214 e. The van der Waals surface area contributed by atoms with Gasteiger partial charge in [-0.15, -0.1) is 0 Å². The third-order valence-corrected chi connectivity index (χ3v) is 5.85. The highest BCUT2D eigenvalue weighted by Crippen LogP contribution is 2.25. The SMILES string of the molecule is CCCCS(=O)(=O)N1CC(C(C)C)NCC1(C)C. The van der Waals surface area contributed by atoms with Crippen molar-refractivity contribution >= 4 is 10.0 Å². The lowest BCUT2D eigenvalue weighted by Gasteiger charge is -2.46. The largest absolute Gasteiger partial charge is 0.311 e. The molecule has 0 aliphatic carbocycles. The van der Waals surface area contributed by atoms with Crippen molar-refractivity contribution in [2.45, 2.75) is 59.0 Å². The van der Waals surface area contributed by atoms with E-state index in [9.17, 15) is 8.42 Å². The predicted molar refractivity (Wildman–Crippen MR) is 76.1 cm³/mol. The number of nitrogens with one attached hydrogen (secondary N) is 1. The highest BCUT2D eigenvalue weighted by atomic mass is 32.2. The van der Waals surface area contributed by atoms with E-state index in [-0.39, 0.29) is 17.3 Å². The summed E-state index contributed by atoms with van der Waals surface area (Å²) in [6.45, 7) is 11.6. The van der Waals surface area contributed by atoms with Crippen molar-refractivity contribution < 1.29 is 8.42 Å². The second-order valence-corrected chi connectivity index (χ2v) is 8.26. The molecule has 1 aliphatic heterocycles. The third-order valence-electron chi connectivity index (χ3n) is 3.73. The zero-order chi connectivity index (χ0) is 14.0. The van der Waals surface area contributed by atoms with Gasteiger partial charge in [-0.05, 0) is 26.2 Å². The van der Waals surface area contributed by atoms with E-state index < -0.39 is 10.0 Å². The average molecular weight is 276 g/mol. The molecule has 0 aromatic carbocycles. The monoisotopic (exact) mass is 276 g/mol. The molecule has 0 bridgehead atoms. The summed E-state index contributed by atoms with van der Waals surface area (Å²) in [7, 11) is -3.13. The standard InChI is InChI=1S/C13H28N2O2S/c1-6-7-8-18(16,17)15-9-12(11(2)3)14-10-13(15,4)5/h11-12,14H,6-10H2,1-5H3. The lowest BCUT2D eigenvalue weighted by Crippen LogP contribution is -2.64. The minimum Gasteiger partial charge on any atom is -0.311 e. The van der Waals surface area contributed by atoms with Crippen LogP contribution < -0.4 is 5.32 Å². The molecule has 1 heterocycles. The second kappa shape index (κ2) is 5.88. The normalized spacial score (nSPS) is 25.6. The van der Waals surface area contributed by atoms with E-state index in [0.29, 0.717) is 12.5 Å². The molecule has 1 saturated heterocycles. The van der Waals surface area contributed by atoms with Crippen molar-refractivity contribution in [1.29, 1.82) is 0 Å². The quantitative estimate of drug-likeness (QED) is 0.833. The summed E-state index contributed by atoms with van der Waals surface area (Å²) in [6.07, 6.45) is 1.66. The second-order valence-electron chi connectivity index (χ2n) is 6.24. The van der Waals surface area contributed by atoms with Crippen LogP contribution in [0.15, 0.2) is 0 Å². The fraction of sp³-hybridized carbons (Fsp3) is 1.00. The molecule has 108 valence electrons. The molecular weight excluding hydrogens is 248 g/mol. The van der Waals surface area contributed by atoms with Crippen molar-refractivity contribution in [3.8, 4) is 0 Å². The van der Waals surface area contributed by atoms with Gasteiger partial charge in [0.2, 0.25) is 10.0 Å². The summed E-state index contributed by atoms with van der Waals surface area (Å²) >= 11 is 0. The minimum absolute atomic E-state index is 0.259. The number of hydrogen-bond acceptors (Lipinski definition) is 3. The molecule has 0 saturated carbocycles. The van der Waals surface area contributed by atoms with Crippen molar-refractivity contribution in [2.24, 2.45) is 5.92 Å². The zero-order valence-corrected chi connectivity index (χ0v) is 13.2. The molecule has 0 spiro atoms. The summed E-state index contributed by atoms with van der Waals surface area (Å²) < 4.78 is 26.6. The third kappa shape index (κ3) is 3.68. The first-order chi connectivity index (χ1) is 8.20. The zero-order valence-electron chi connectivity index (χ0n) is 12.4. The van der Waals surface area contributed by atoms with Gasteiger partial charge in [-0.2, -0.15) is 4.31 Å². The summed E-state index contributed by atoms with van der Waals surface area (Å²) in [6, 6.07) is 0.259. The maximum atomic E-state index is 12.4. The van der Waals surface area contributed by atoms with Crippen LogP contribution in [-0.4, -0.2) is 43.1 Å². The fourth-order valence-corrected chi connectivity index (χ4v) is 4.41. The van der Waals surface area contributed by atoms with Gasteiger partial charge in [-0.1, -0.05) is 27.2 Å². The van der Waals surface area contributed by atoms with E-state index in [2.05, 4.69) is 19.2 Å². The van der Waals surface area contributed by atoms with E-state index in [1.54, 1.807) is 4.31 Å². The van der Waals surface area contributed by atoms with Crippen LogP contribution in [0.4, 0.5) is 0 Å². The van der Waals surface area contributed by atoms with Crippen molar-refractivity contribution in [1.82, 2.24) is 9.62 Å². The minimum atomic E-state index is -3.13. The fourth-order valence-electron chi connectivity index (χ4n) is 2.33. The topological polar surface area (TPSA) is 49.4 Å². The molecule has 1 aliphatic rings. The Morgan fingerprint density at radius 3 is 2.50 bits per heavy atom. The van der Waals surface area contributed by atoms with Gasteiger partial charge in [0, 0.05) is 24.7 Å². The lowest BCUT2D eigenvalue weighted by atomic mass is 9.96. The summed E-state index contributed by atoms with van der Waals surface area (Å²) in [5.41, 5.74) is -0.321. The Morgan fingerprint density at radius 1 is 1.39 bits per heavy atom. The van der Waals surface area contributed by atoms with E-state index >= 15 is 0 Å². The molecule has 0 aromatic heterocycles. The Morgan fingerprint density at radius 2 is 2.00 bits per heavy atom. The van der Waals surface area contributed by atoms with E-state index in [1.165, 1.54) is 0 Å². The maximum Gasteiger partial charge on any atom is 0.214 e. The molecular formula is C13H28N2O2S. The number of sulfonamides is 1. The lowest BCUT2D eigenvalue weighted by molar-refractivity contribution is 0.134. The Kier molecular flexibility index (Phi) is 5.21. The Bertz CT molecular complexity index is 363. The van der Waals surface area contributed by atoms with Crippen LogP contribution in [0, 0.1) is 5.92 Å². The number of rotatable bonds is 5. The van der Waals surface area contributed by atoms with Crippen LogP contribution in [0.25, 0.3) is 0 Å². The van der Waals surface area contributed by atoms with Crippen LogP contribution in [0.5, 0.6) is 0 Å². The average Bonchev–Trinajstić information content (AvgIpc) is 2.25. The molecule has 18 heavy (non-hydrogen) atoms. The van der Waals surface area contributed by atoms with E-state index in [0.717, 1.165) is 19.4 Å². The van der Waals surface area contributed by atoms with Crippen LogP contribution in [0.3, 0.4) is 0 Å². The predicted octanol–water partition coefficient (Wildman–Crippen LogP) is 1.82. The molecule has 5 heteroatoms. The summed E-state index contributed by atoms with van der Waals surface area (Å²) in [5, 5.41) is 3.46. The van der Waals surface area contributed by atoms with Gasteiger partial charge in [0.05, 0.1) is 5.75 Å². The van der Waals surface area contributed by atoms with Gasteiger partial charge >= 0.3 is 0 Å². The number of hydrogen-bond donors (Lipinski definition) is 1. The summed E-state index contributed by atoms with van der Waals surface area (Å²) in [5.74, 6) is 0.725. The van der Waals surface area contributed by atoms with E-state index in [1.807, 2.05) is 20.8 Å². The maximum absolute atomic E-state index is 12.4. The van der Waals surface area contributed by atoms with Crippen molar-refractivity contribution in [3.05, 3.63) is 0 Å². The van der Waals surface area contributed by atoms with Gasteiger partial charge in [0.15, 0.2) is 0 Å². The molecule has 4 nitrogen and oxygen atoms in total. The molecule has 0 amide bonds. The first-order valence-corrected chi connectivity index (χ1v) is 8.55. The number of unbranched alkanes of at least 4 members (excludes halogenated alkanes) is 1. The van der Waals surface area contributed by atoms with Gasteiger partial charge in [-0.25, -0.2) is 8.42 Å². The van der Waals surface area contributed by atoms with Crippen LogP contribution >= 0.6 is 0 Å². The molecule has 1 rings (SSSR count). The van der Waals surface area contributed by atoms with E-state index in [4.69, 9.17) is 0 Å². The first kappa shape index (κ1) is 15.9. The Labute approximate surface area is 112 Å². The molecule has 1 fully saturated rings. The highest BCUT2D eigenvalue weighted by Gasteiger charge is 2.41. The van der Waals surface area contributed by atoms with Gasteiger partial charge < -0.3 is 5.32 Å². The summed E-state index contributed by atoms with van der Waals surface area (Å²) in [4.78, 5) is 0. The molecule has 1 unspecified atom stereocenters. The van der Waals surface area contributed by atoms with Crippen molar-refractivity contribution in [3.63, 3.8) is 0 Å². The van der Waals surface area contributed by atoms with Gasteiger partial charge in [-0.3, -0.25) is 0 Å². The molecule has 1 N–H and O–H groups in total. The van der Waals surface area contributed by atoms with Crippen LogP contribution in [0.1, 0.15) is 47.5 Å². The number of piperazine rings is 1. The number of nitrogens with zero attached hydrogens (tertiary/aromatic N) is 1. The Balaban J connectivity index is 2.87. The van der Waals surface area contributed by atoms with Gasteiger partial charge in [0.1, 0.15) is 0 Å². The molecule has 0 radical (unpaired) electrons. The molecule has 0 aromatic rings. The van der Waals surface area contributed by atoms with Gasteiger partial charge in [0.25, 0.3) is 0 Å².